The zero-order valence-electron chi connectivity index (χ0n) is 17.5. The topological polar surface area (TPSA) is 61.8 Å². The summed E-state index contributed by atoms with van der Waals surface area (Å²) in [5.74, 6) is -0.247. The number of halogens is 1. The molecule has 0 aliphatic rings. The van der Waals surface area contributed by atoms with Gasteiger partial charge in [0.25, 0.3) is 0 Å². The van der Waals surface area contributed by atoms with Crippen LogP contribution in [0.2, 0.25) is 5.02 Å². The van der Waals surface area contributed by atoms with Gasteiger partial charge < -0.3 is 14.2 Å². The lowest BCUT2D eigenvalue weighted by Gasteiger charge is -2.18. The molecule has 1 aromatic carbocycles. The fourth-order valence-corrected chi connectivity index (χ4v) is 2.66. The van der Waals surface area contributed by atoms with Crippen molar-refractivity contribution in [3.05, 3.63) is 64.7 Å². The summed E-state index contributed by atoms with van der Waals surface area (Å²) < 4.78 is 15.9. The lowest BCUT2D eigenvalue weighted by molar-refractivity contribution is -0.150. The largest absolute Gasteiger partial charge is 0.482 e. The third-order valence-corrected chi connectivity index (χ3v) is 4.24. The summed E-state index contributed by atoms with van der Waals surface area (Å²) in [7, 11) is 0. The van der Waals surface area contributed by atoms with Gasteiger partial charge in [0, 0.05) is 11.1 Å². The standard InChI is InChI=1S/C23H29ClO5/c1-6-27-22(25)9-7-8-17(4)10-12-20(16(2)3)29-23(26)15-28-21-13-11-19(24)14-18(21)5/h7-9,11,13-14,20H,2,6,10,12,15H2,1,3-5H3. The van der Waals surface area contributed by atoms with E-state index in [1.807, 2.05) is 26.8 Å². The van der Waals surface area contributed by atoms with E-state index in [0.29, 0.717) is 30.2 Å². The molecule has 0 spiro atoms. The maximum Gasteiger partial charge on any atom is 0.344 e. The summed E-state index contributed by atoms with van der Waals surface area (Å²) in [6.07, 6.45) is 5.73. The number of esters is 2. The summed E-state index contributed by atoms with van der Waals surface area (Å²) in [5, 5.41) is 0.611. The van der Waals surface area contributed by atoms with Crippen molar-refractivity contribution in [2.45, 2.75) is 46.6 Å². The minimum Gasteiger partial charge on any atom is -0.482 e. The average Bonchev–Trinajstić information content (AvgIpc) is 2.64. The monoisotopic (exact) mass is 420 g/mol. The molecule has 0 saturated heterocycles. The van der Waals surface area contributed by atoms with Crippen LogP contribution in [0.25, 0.3) is 0 Å². The fraction of sp³-hybridized carbons (Fsp3) is 0.391. The van der Waals surface area contributed by atoms with E-state index in [1.54, 1.807) is 31.2 Å². The Kier molecular flexibility index (Phi) is 10.8. The Morgan fingerprint density at radius 3 is 2.62 bits per heavy atom. The van der Waals surface area contributed by atoms with Crippen LogP contribution in [0, 0.1) is 6.92 Å². The molecule has 0 N–H and O–H groups in total. The second-order valence-corrected chi connectivity index (χ2v) is 7.12. The summed E-state index contributed by atoms with van der Waals surface area (Å²) in [6.45, 7) is 11.4. The Hall–Kier alpha value is -2.53. The van der Waals surface area contributed by atoms with Crippen LogP contribution in [0.5, 0.6) is 5.75 Å². The summed E-state index contributed by atoms with van der Waals surface area (Å²) in [4.78, 5) is 23.4. The number of ether oxygens (including phenoxy) is 3. The van der Waals surface area contributed by atoms with Crippen molar-refractivity contribution < 1.29 is 23.8 Å². The second-order valence-electron chi connectivity index (χ2n) is 6.69. The van der Waals surface area contributed by atoms with Crippen LogP contribution in [-0.2, 0) is 19.1 Å². The van der Waals surface area contributed by atoms with Gasteiger partial charge in [0.05, 0.1) is 6.61 Å². The van der Waals surface area contributed by atoms with Crippen LogP contribution in [-0.4, -0.2) is 31.3 Å². The van der Waals surface area contributed by atoms with Crippen LogP contribution in [0.3, 0.4) is 0 Å². The van der Waals surface area contributed by atoms with Gasteiger partial charge in [-0.15, -0.1) is 0 Å². The number of carbonyl (C=O) groups excluding carboxylic acids is 2. The van der Waals surface area contributed by atoms with E-state index in [2.05, 4.69) is 6.58 Å². The van der Waals surface area contributed by atoms with Gasteiger partial charge in [-0.3, -0.25) is 0 Å². The Morgan fingerprint density at radius 2 is 2.00 bits per heavy atom. The molecule has 0 bridgehead atoms. The van der Waals surface area contributed by atoms with Crippen LogP contribution in [0.4, 0.5) is 0 Å². The van der Waals surface area contributed by atoms with Crippen LogP contribution in [0.1, 0.15) is 39.2 Å². The predicted molar refractivity (Wildman–Crippen MR) is 115 cm³/mol. The molecule has 0 aliphatic carbocycles. The van der Waals surface area contributed by atoms with E-state index in [-0.39, 0.29) is 12.6 Å². The molecule has 0 aliphatic heterocycles. The van der Waals surface area contributed by atoms with E-state index >= 15 is 0 Å². The van der Waals surface area contributed by atoms with E-state index in [0.717, 1.165) is 16.7 Å². The molecule has 1 aromatic rings. The highest BCUT2D eigenvalue weighted by Gasteiger charge is 2.16. The lowest BCUT2D eigenvalue weighted by atomic mass is 10.0. The Balaban J connectivity index is 2.52. The summed E-state index contributed by atoms with van der Waals surface area (Å²) >= 11 is 5.92. The van der Waals surface area contributed by atoms with Crippen molar-refractivity contribution in [2.24, 2.45) is 0 Å². The normalized spacial score (nSPS) is 12.5. The molecule has 0 radical (unpaired) electrons. The first-order valence-electron chi connectivity index (χ1n) is 9.47. The van der Waals surface area contributed by atoms with Crippen molar-refractivity contribution in [1.29, 1.82) is 0 Å². The third-order valence-electron chi connectivity index (χ3n) is 4.01. The Bertz CT molecular complexity index is 779. The van der Waals surface area contributed by atoms with Crippen molar-refractivity contribution in [3.63, 3.8) is 0 Å². The first kappa shape index (κ1) is 24.5. The van der Waals surface area contributed by atoms with Crippen molar-refractivity contribution >= 4 is 23.5 Å². The number of hydrogen-bond donors (Lipinski definition) is 0. The van der Waals surface area contributed by atoms with Crippen LogP contribution in [0.15, 0.2) is 54.2 Å². The molecular formula is C23H29ClO5. The third kappa shape index (κ3) is 9.99. The molecule has 5 nitrogen and oxygen atoms in total. The van der Waals surface area contributed by atoms with E-state index < -0.39 is 12.1 Å². The van der Waals surface area contributed by atoms with Gasteiger partial charge in [-0.1, -0.05) is 35.9 Å². The first-order valence-corrected chi connectivity index (χ1v) is 9.85. The van der Waals surface area contributed by atoms with E-state index in [1.165, 1.54) is 6.08 Å². The van der Waals surface area contributed by atoms with Crippen molar-refractivity contribution in [1.82, 2.24) is 0 Å². The van der Waals surface area contributed by atoms with Crippen LogP contribution < -0.4 is 4.74 Å². The molecule has 0 fully saturated rings. The number of carbonyl (C=O) groups is 2. The van der Waals surface area contributed by atoms with E-state index in [4.69, 9.17) is 25.8 Å². The minimum atomic E-state index is -0.462. The smallest absolute Gasteiger partial charge is 0.344 e. The zero-order chi connectivity index (χ0) is 21.8. The molecule has 0 heterocycles. The Morgan fingerprint density at radius 1 is 1.28 bits per heavy atom. The number of rotatable bonds is 11. The van der Waals surface area contributed by atoms with Gasteiger partial charge in [-0.2, -0.15) is 0 Å². The number of allylic oxidation sites excluding steroid dienone is 3. The highest BCUT2D eigenvalue weighted by molar-refractivity contribution is 6.30. The van der Waals surface area contributed by atoms with Gasteiger partial charge in [0.15, 0.2) is 6.61 Å². The molecule has 0 amide bonds. The van der Waals surface area contributed by atoms with Gasteiger partial charge in [-0.05, 0) is 69.9 Å². The lowest BCUT2D eigenvalue weighted by Crippen LogP contribution is -2.23. The molecule has 158 valence electrons. The molecule has 1 rings (SSSR count). The molecule has 1 unspecified atom stereocenters. The van der Waals surface area contributed by atoms with E-state index in [9.17, 15) is 9.59 Å². The Labute approximate surface area is 178 Å². The highest BCUT2D eigenvalue weighted by atomic mass is 35.5. The van der Waals surface area contributed by atoms with Gasteiger partial charge in [0.2, 0.25) is 0 Å². The SMILES string of the molecule is C=C(C)C(CCC(C)=CC=CC(=O)OCC)OC(=O)COc1ccc(Cl)cc1C. The average molecular weight is 421 g/mol. The van der Waals surface area contributed by atoms with Gasteiger partial charge >= 0.3 is 11.9 Å². The minimum absolute atomic E-state index is 0.191. The number of hydrogen-bond acceptors (Lipinski definition) is 5. The maximum absolute atomic E-state index is 12.2. The molecule has 6 heteroatoms. The predicted octanol–water partition coefficient (Wildman–Crippen LogP) is 5.36. The summed E-state index contributed by atoms with van der Waals surface area (Å²) in [5.41, 5.74) is 2.65. The second kappa shape index (κ2) is 12.8. The van der Waals surface area contributed by atoms with Crippen molar-refractivity contribution in [3.8, 4) is 5.75 Å². The maximum atomic E-state index is 12.2. The molecule has 1 atom stereocenters. The molecule has 0 saturated carbocycles. The molecule has 0 aromatic heterocycles. The fourth-order valence-electron chi connectivity index (χ4n) is 2.43. The number of aryl methyl sites for hydroxylation is 1. The molecule has 29 heavy (non-hydrogen) atoms. The highest BCUT2D eigenvalue weighted by Crippen LogP contribution is 2.22. The van der Waals surface area contributed by atoms with Crippen molar-refractivity contribution in [2.75, 3.05) is 13.2 Å². The first-order chi connectivity index (χ1) is 13.7. The van der Waals surface area contributed by atoms with Crippen LogP contribution >= 0.6 is 11.6 Å². The number of benzene rings is 1. The zero-order valence-corrected chi connectivity index (χ0v) is 18.3. The summed E-state index contributed by atoms with van der Waals surface area (Å²) in [6, 6.07) is 5.20. The van der Waals surface area contributed by atoms with Gasteiger partial charge in [-0.25, -0.2) is 9.59 Å². The quantitative estimate of drug-likeness (QED) is 0.209. The molecular weight excluding hydrogens is 392 g/mol. The van der Waals surface area contributed by atoms with Gasteiger partial charge in [0.1, 0.15) is 11.9 Å².